The SMILES string of the molecule is C#CCN(CC)C(=O)Nc1ccccc1CCC(=O)O. The topological polar surface area (TPSA) is 69.6 Å². The number of carbonyl (C=O) groups is 2. The van der Waals surface area contributed by atoms with E-state index >= 15 is 0 Å². The Balaban J connectivity index is 2.78. The predicted molar refractivity (Wildman–Crippen MR) is 77.5 cm³/mol. The molecule has 0 bridgehead atoms. The van der Waals surface area contributed by atoms with Crippen LogP contribution in [0.3, 0.4) is 0 Å². The van der Waals surface area contributed by atoms with Gasteiger partial charge in [0.2, 0.25) is 0 Å². The lowest BCUT2D eigenvalue weighted by Gasteiger charge is -2.19. The number of aliphatic carboxylic acids is 1. The summed E-state index contributed by atoms with van der Waals surface area (Å²) >= 11 is 0. The molecule has 0 heterocycles. The lowest BCUT2D eigenvalue weighted by atomic mass is 10.1. The van der Waals surface area contributed by atoms with Gasteiger partial charge in [0.25, 0.3) is 0 Å². The van der Waals surface area contributed by atoms with E-state index in [0.717, 1.165) is 5.56 Å². The van der Waals surface area contributed by atoms with Gasteiger partial charge in [-0.1, -0.05) is 24.1 Å². The number of terminal acetylenes is 1. The average molecular weight is 274 g/mol. The van der Waals surface area contributed by atoms with Crippen molar-refractivity contribution in [1.29, 1.82) is 0 Å². The van der Waals surface area contributed by atoms with Gasteiger partial charge in [0.1, 0.15) is 0 Å². The molecule has 0 fully saturated rings. The van der Waals surface area contributed by atoms with E-state index < -0.39 is 5.97 Å². The largest absolute Gasteiger partial charge is 0.481 e. The third kappa shape index (κ3) is 4.65. The zero-order valence-electron chi connectivity index (χ0n) is 11.4. The van der Waals surface area contributed by atoms with E-state index in [1.165, 1.54) is 4.90 Å². The Labute approximate surface area is 118 Å². The Morgan fingerprint density at radius 1 is 1.40 bits per heavy atom. The minimum Gasteiger partial charge on any atom is -0.481 e. The first-order valence-corrected chi connectivity index (χ1v) is 6.37. The minimum atomic E-state index is -0.867. The van der Waals surface area contributed by atoms with Gasteiger partial charge in [-0.15, -0.1) is 6.42 Å². The molecular weight excluding hydrogens is 256 g/mol. The molecule has 1 aromatic rings. The van der Waals surface area contributed by atoms with Crippen LogP contribution in [0.1, 0.15) is 18.9 Å². The highest BCUT2D eigenvalue weighted by Crippen LogP contribution is 2.17. The van der Waals surface area contributed by atoms with Gasteiger partial charge in [-0.2, -0.15) is 0 Å². The second-order valence-corrected chi connectivity index (χ2v) is 4.20. The first-order valence-electron chi connectivity index (χ1n) is 6.37. The summed E-state index contributed by atoms with van der Waals surface area (Å²) in [6.45, 7) is 2.58. The van der Waals surface area contributed by atoms with Crippen LogP contribution in [0.15, 0.2) is 24.3 Å². The van der Waals surface area contributed by atoms with E-state index in [1.807, 2.05) is 13.0 Å². The first-order chi connectivity index (χ1) is 9.58. The Hall–Kier alpha value is -2.48. The molecule has 20 heavy (non-hydrogen) atoms. The van der Waals surface area contributed by atoms with E-state index in [4.69, 9.17) is 11.5 Å². The number of benzene rings is 1. The Kier molecular flexibility index (Phi) is 6.11. The summed E-state index contributed by atoms with van der Waals surface area (Å²) in [5.41, 5.74) is 1.41. The number of anilines is 1. The molecule has 0 aliphatic carbocycles. The third-order valence-corrected chi connectivity index (χ3v) is 2.82. The minimum absolute atomic E-state index is 0.0226. The first kappa shape index (κ1) is 15.6. The van der Waals surface area contributed by atoms with Gasteiger partial charge in [-0.05, 0) is 25.0 Å². The molecule has 0 aromatic heterocycles. The van der Waals surface area contributed by atoms with E-state index in [-0.39, 0.29) is 19.0 Å². The van der Waals surface area contributed by atoms with Gasteiger partial charge in [-0.3, -0.25) is 4.79 Å². The van der Waals surface area contributed by atoms with Crippen LogP contribution in [0.25, 0.3) is 0 Å². The van der Waals surface area contributed by atoms with Crippen LogP contribution in [0, 0.1) is 12.3 Å². The van der Waals surface area contributed by atoms with Crippen LogP contribution in [0.2, 0.25) is 0 Å². The van der Waals surface area contributed by atoms with Crippen LogP contribution < -0.4 is 5.32 Å². The highest BCUT2D eigenvalue weighted by atomic mass is 16.4. The molecule has 1 aromatic carbocycles. The predicted octanol–water partition coefficient (Wildman–Crippen LogP) is 2.19. The maximum atomic E-state index is 12.0. The highest BCUT2D eigenvalue weighted by Gasteiger charge is 2.12. The van der Waals surface area contributed by atoms with E-state index in [9.17, 15) is 9.59 Å². The van der Waals surface area contributed by atoms with Gasteiger partial charge >= 0.3 is 12.0 Å². The molecule has 2 amide bonds. The maximum Gasteiger partial charge on any atom is 0.322 e. The van der Waals surface area contributed by atoms with Crippen LogP contribution >= 0.6 is 0 Å². The number of amides is 2. The van der Waals surface area contributed by atoms with E-state index in [1.54, 1.807) is 18.2 Å². The van der Waals surface area contributed by atoms with Crippen molar-refractivity contribution < 1.29 is 14.7 Å². The van der Waals surface area contributed by atoms with Gasteiger partial charge in [0.05, 0.1) is 6.54 Å². The summed E-state index contributed by atoms with van der Waals surface area (Å²) in [5, 5.41) is 11.5. The Bertz CT molecular complexity index is 520. The van der Waals surface area contributed by atoms with Crippen LogP contribution in [-0.2, 0) is 11.2 Å². The van der Waals surface area contributed by atoms with Crippen LogP contribution in [0.5, 0.6) is 0 Å². The maximum absolute atomic E-state index is 12.0. The number of nitrogens with one attached hydrogen (secondary N) is 1. The van der Waals surface area contributed by atoms with Gasteiger partial charge < -0.3 is 15.3 Å². The summed E-state index contributed by atoms with van der Waals surface area (Å²) in [7, 11) is 0. The lowest BCUT2D eigenvalue weighted by molar-refractivity contribution is -0.136. The van der Waals surface area contributed by atoms with E-state index in [2.05, 4.69) is 11.2 Å². The van der Waals surface area contributed by atoms with Crippen molar-refractivity contribution >= 4 is 17.7 Å². The molecule has 5 nitrogen and oxygen atoms in total. The standard InChI is InChI=1S/C15H18N2O3/c1-3-11-17(4-2)15(20)16-13-8-6-5-7-12(13)9-10-14(18)19/h1,5-8H,4,9-11H2,2H3,(H,16,20)(H,18,19). The second kappa shape index (κ2) is 7.85. The third-order valence-electron chi connectivity index (χ3n) is 2.82. The fraction of sp³-hybridized carbons (Fsp3) is 0.333. The van der Waals surface area contributed by atoms with Crippen molar-refractivity contribution in [2.75, 3.05) is 18.4 Å². The van der Waals surface area contributed by atoms with Crippen LogP contribution in [-0.4, -0.2) is 35.1 Å². The average Bonchev–Trinajstić information content (AvgIpc) is 2.43. The summed E-state index contributed by atoms with van der Waals surface area (Å²) in [5.74, 6) is 1.56. The summed E-state index contributed by atoms with van der Waals surface area (Å²) in [4.78, 5) is 24.1. The molecule has 106 valence electrons. The normalized spacial score (nSPS) is 9.60. The zero-order chi connectivity index (χ0) is 15.0. The molecule has 0 radical (unpaired) electrons. The van der Waals surface area contributed by atoms with Crippen LogP contribution in [0.4, 0.5) is 10.5 Å². The summed E-state index contributed by atoms with van der Waals surface area (Å²) in [6, 6.07) is 6.87. The summed E-state index contributed by atoms with van der Waals surface area (Å²) < 4.78 is 0. The molecule has 0 unspecified atom stereocenters. The highest BCUT2D eigenvalue weighted by molar-refractivity contribution is 5.90. The lowest BCUT2D eigenvalue weighted by Crippen LogP contribution is -2.35. The van der Waals surface area contributed by atoms with Crippen molar-refractivity contribution in [3.05, 3.63) is 29.8 Å². The molecule has 1 rings (SSSR count). The second-order valence-electron chi connectivity index (χ2n) is 4.20. The van der Waals surface area contributed by atoms with Crippen molar-refractivity contribution in [1.82, 2.24) is 4.90 Å². The number of urea groups is 1. The molecule has 0 aliphatic rings. The Morgan fingerprint density at radius 3 is 2.70 bits per heavy atom. The summed E-state index contributed by atoms with van der Waals surface area (Å²) in [6.07, 6.45) is 5.60. The quantitative estimate of drug-likeness (QED) is 0.781. The number of para-hydroxylation sites is 1. The Morgan fingerprint density at radius 2 is 2.10 bits per heavy atom. The van der Waals surface area contributed by atoms with Gasteiger partial charge in [-0.25, -0.2) is 4.79 Å². The number of hydrogen-bond acceptors (Lipinski definition) is 2. The number of carboxylic acid groups (broad SMARTS) is 1. The molecule has 0 spiro atoms. The van der Waals surface area contributed by atoms with Crippen molar-refractivity contribution in [3.8, 4) is 12.3 Å². The number of aryl methyl sites for hydroxylation is 1. The number of rotatable bonds is 6. The molecular formula is C15H18N2O3. The smallest absolute Gasteiger partial charge is 0.322 e. The molecule has 0 saturated heterocycles. The molecule has 0 saturated carbocycles. The molecule has 5 heteroatoms. The van der Waals surface area contributed by atoms with Gasteiger partial charge in [0, 0.05) is 18.7 Å². The zero-order valence-corrected chi connectivity index (χ0v) is 11.4. The number of carbonyl (C=O) groups excluding carboxylic acids is 1. The molecule has 0 atom stereocenters. The van der Waals surface area contributed by atoms with Crippen molar-refractivity contribution in [2.45, 2.75) is 19.8 Å². The van der Waals surface area contributed by atoms with Crippen molar-refractivity contribution in [2.24, 2.45) is 0 Å². The molecule has 0 aliphatic heterocycles. The number of carboxylic acids is 1. The molecule has 2 N–H and O–H groups in total. The fourth-order valence-electron chi connectivity index (χ4n) is 1.73. The van der Waals surface area contributed by atoms with Gasteiger partial charge in [0.15, 0.2) is 0 Å². The number of nitrogens with zero attached hydrogens (tertiary/aromatic N) is 1. The monoisotopic (exact) mass is 274 g/mol. The number of hydrogen-bond donors (Lipinski definition) is 2. The van der Waals surface area contributed by atoms with E-state index in [0.29, 0.717) is 18.7 Å². The van der Waals surface area contributed by atoms with Crippen molar-refractivity contribution in [3.63, 3.8) is 0 Å². The fourth-order valence-corrected chi connectivity index (χ4v) is 1.73.